The van der Waals surface area contributed by atoms with E-state index < -0.39 is 11.6 Å². The number of halogens is 3. The molecule has 1 aliphatic heterocycles. The molecule has 1 heterocycles. The summed E-state index contributed by atoms with van der Waals surface area (Å²) in [6, 6.07) is 3.25. The molecular weight excluding hydrogens is 236 g/mol. The molecule has 0 unspecified atom stereocenters. The van der Waals surface area contributed by atoms with Gasteiger partial charge in [0.1, 0.15) is 17.5 Å². The Bertz CT molecular complexity index is 396. The van der Waals surface area contributed by atoms with Crippen LogP contribution >= 0.6 is 12.4 Å². The third-order valence-electron chi connectivity index (χ3n) is 2.14. The molecule has 6 heteroatoms. The van der Waals surface area contributed by atoms with Crippen molar-refractivity contribution in [3.05, 3.63) is 29.8 Å². The molecule has 1 aromatic carbocycles. The molecule has 0 amide bonds. The first-order valence-electron chi connectivity index (χ1n) is 4.76. The molecular formula is C10H12ClF2N3. The third kappa shape index (κ3) is 3.06. The SMILES string of the molecule is Cl.Fc1ccc(F)c(NNC2=NCCC2)c1. The molecule has 0 aromatic heterocycles. The average molecular weight is 248 g/mol. The lowest BCUT2D eigenvalue weighted by atomic mass is 10.3. The Morgan fingerprint density at radius 1 is 1.19 bits per heavy atom. The molecule has 1 aromatic rings. The Morgan fingerprint density at radius 2 is 2.00 bits per heavy atom. The number of nitrogens with one attached hydrogen (secondary N) is 2. The van der Waals surface area contributed by atoms with Gasteiger partial charge in [-0.05, 0) is 18.6 Å². The minimum atomic E-state index is -0.498. The van der Waals surface area contributed by atoms with Gasteiger partial charge >= 0.3 is 0 Å². The standard InChI is InChI=1S/C10H11F2N3.ClH/c11-7-3-4-8(12)9(6-7)14-15-10-2-1-5-13-10;/h3-4,6,14H,1-2,5H2,(H,13,15);1H. The first-order chi connectivity index (χ1) is 7.25. The molecule has 0 aliphatic carbocycles. The first kappa shape index (κ1) is 12.7. The number of hydrogen-bond donors (Lipinski definition) is 2. The van der Waals surface area contributed by atoms with Crippen LogP contribution in [-0.2, 0) is 0 Å². The summed E-state index contributed by atoms with van der Waals surface area (Å²) in [5, 5.41) is 0. The van der Waals surface area contributed by atoms with Crippen LogP contribution in [0.3, 0.4) is 0 Å². The summed E-state index contributed by atoms with van der Waals surface area (Å²) >= 11 is 0. The van der Waals surface area contributed by atoms with Gasteiger partial charge in [-0.25, -0.2) is 8.78 Å². The van der Waals surface area contributed by atoms with E-state index >= 15 is 0 Å². The summed E-state index contributed by atoms with van der Waals surface area (Å²) in [4.78, 5) is 4.13. The second-order valence-corrected chi connectivity index (χ2v) is 3.31. The van der Waals surface area contributed by atoms with Gasteiger partial charge in [-0.2, -0.15) is 0 Å². The number of nitrogens with zero attached hydrogens (tertiary/aromatic N) is 1. The van der Waals surface area contributed by atoms with Gasteiger partial charge in [0.25, 0.3) is 0 Å². The van der Waals surface area contributed by atoms with E-state index in [1.165, 1.54) is 0 Å². The quantitative estimate of drug-likeness (QED) is 0.788. The summed E-state index contributed by atoms with van der Waals surface area (Å²) in [5.41, 5.74) is 5.45. The molecule has 2 rings (SSSR count). The van der Waals surface area contributed by atoms with Gasteiger partial charge in [-0.3, -0.25) is 15.8 Å². The Kier molecular flexibility index (Phi) is 4.49. The van der Waals surface area contributed by atoms with Crippen molar-refractivity contribution in [2.24, 2.45) is 4.99 Å². The highest BCUT2D eigenvalue weighted by Crippen LogP contribution is 2.14. The summed E-state index contributed by atoms with van der Waals surface area (Å²) < 4.78 is 25.9. The van der Waals surface area contributed by atoms with E-state index in [1.807, 2.05) is 0 Å². The smallest absolute Gasteiger partial charge is 0.148 e. The van der Waals surface area contributed by atoms with Gasteiger partial charge in [0, 0.05) is 19.0 Å². The van der Waals surface area contributed by atoms with Crippen molar-refractivity contribution in [3.63, 3.8) is 0 Å². The molecule has 88 valence electrons. The molecule has 2 N–H and O–H groups in total. The van der Waals surface area contributed by atoms with Crippen LogP contribution in [0.1, 0.15) is 12.8 Å². The molecule has 16 heavy (non-hydrogen) atoms. The maximum Gasteiger partial charge on any atom is 0.148 e. The zero-order valence-corrected chi connectivity index (χ0v) is 9.28. The van der Waals surface area contributed by atoms with Crippen LogP contribution in [-0.4, -0.2) is 12.4 Å². The summed E-state index contributed by atoms with van der Waals surface area (Å²) in [7, 11) is 0. The van der Waals surface area contributed by atoms with E-state index in [0.717, 1.165) is 43.4 Å². The monoisotopic (exact) mass is 247 g/mol. The number of rotatable bonds is 2. The molecule has 0 atom stereocenters. The largest absolute Gasteiger partial charge is 0.297 e. The molecule has 0 saturated heterocycles. The van der Waals surface area contributed by atoms with Gasteiger partial charge in [0.2, 0.25) is 0 Å². The minimum absolute atomic E-state index is 0. The molecule has 1 aliphatic rings. The molecule has 0 spiro atoms. The maximum absolute atomic E-state index is 13.1. The van der Waals surface area contributed by atoms with E-state index in [-0.39, 0.29) is 18.1 Å². The Balaban J connectivity index is 0.00000128. The zero-order chi connectivity index (χ0) is 10.7. The van der Waals surface area contributed by atoms with Crippen LogP contribution in [0, 0.1) is 11.6 Å². The Labute approximate surface area is 98.3 Å². The van der Waals surface area contributed by atoms with Crippen LogP contribution in [0.5, 0.6) is 0 Å². The Morgan fingerprint density at radius 3 is 2.69 bits per heavy atom. The molecule has 0 bridgehead atoms. The number of benzene rings is 1. The van der Waals surface area contributed by atoms with Crippen molar-refractivity contribution >= 4 is 23.9 Å². The molecule has 0 saturated carbocycles. The fraction of sp³-hybridized carbons (Fsp3) is 0.300. The second kappa shape index (κ2) is 5.65. The van der Waals surface area contributed by atoms with Crippen molar-refractivity contribution in [2.75, 3.05) is 12.0 Å². The number of hydrazine groups is 1. The normalized spacial score (nSPS) is 14.0. The average Bonchev–Trinajstić information content (AvgIpc) is 2.72. The van der Waals surface area contributed by atoms with E-state index in [0.29, 0.717) is 0 Å². The lowest BCUT2D eigenvalue weighted by Crippen LogP contribution is -2.28. The van der Waals surface area contributed by atoms with Crippen LogP contribution in [0.4, 0.5) is 14.5 Å². The van der Waals surface area contributed by atoms with Gasteiger partial charge in [-0.15, -0.1) is 12.4 Å². The highest BCUT2D eigenvalue weighted by atomic mass is 35.5. The highest BCUT2D eigenvalue weighted by Gasteiger charge is 2.07. The van der Waals surface area contributed by atoms with Crippen molar-refractivity contribution in [1.82, 2.24) is 5.43 Å². The number of amidine groups is 1. The zero-order valence-electron chi connectivity index (χ0n) is 8.46. The van der Waals surface area contributed by atoms with Crippen LogP contribution in [0.25, 0.3) is 0 Å². The van der Waals surface area contributed by atoms with E-state index in [9.17, 15) is 8.78 Å². The molecule has 0 fully saturated rings. The minimum Gasteiger partial charge on any atom is -0.297 e. The fourth-order valence-electron chi connectivity index (χ4n) is 1.37. The predicted molar refractivity (Wildman–Crippen MR) is 61.9 cm³/mol. The second-order valence-electron chi connectivity index (χ2n) is 3.31. The van der Waals surface area contributed by atoms with E-state index in [2.05, 4.69) is 15.8 Å². The van der Waals surface area contributed by atoms with Crippen molar-refractivity contribution in [3.8, 4) is 0 Å². The van der Waals surface area contributed by atoms with Crippen molar-refractivity contribution in [2.45, 2.75) is 12.8 Å². The summed E-state index contributed by atoms with van der Waals surface area (Å²) in [6.07, 6.45) is 1.83. The van der Waals surface area contributed by atoms with Gasteiger partial charge in [-0.1, -0.05) is 0 Å². The lowest BCUT2D eigenvalue weighted by molar-refractivity contribution is 0.602. The van der Waals surface area contributed by atoms with Gasteiger partial charge in [0.05, 0.1) is 5.69 Å². The Hall–Kier alpha value is -1.36. The van der Waals surface area contributed by atoms with Gasteiger partial charge in [0.15, 0.2) is 0 Å². The summed E-state index contributed by atoms with van der Waals surface area (Å²) in [6.45, 7) is 0.787. The van der Waals surface area contributed by atoms with Gasteiger partial charge < -0.3 is 0 Å². The van der Waals surface area contributed by atoms with Crippen LogP contribution in [0.15, 0.2) is 23.2 Å². The maximum atomic E-state index is 13.1. The van der Waals surface area contributed by atoms with E-state index in [4.69, 9.17) is 0 Å². The van der Waals surface area contributed by atoms with Crippen molar-refractivity contribution in [1.29, 1.82) is 0 Å². The first-order valence-corrected chi connectivity index (χ1v) is 4.76. The molecule has 0 radical (unpaired) electrons. The predicted octanol–water partition coefficient (Wildman–Crippen LogP) is 2.50. The van der Waals surface area contributed by atoms with Crippen molar-refractivity contribution < 1.29 is 8.78 Å². The van der Waals surface area contributed by atoms with Crippen LogP contribution < -0.4 is 10.9 Å². The van der Waals surface area contributed by atoms with Crippen LogP contribution in [0.2, 0.25) is 0 Å². The number of hydrogen-bond acceptors (Lipinski definition) is 3. The lowest BCUT2D eigenvalue weighted by Gasteiger charge is -2.09. The number of anilines is 1. The fourth-order valence-corrected chi connectivity index (χ4v) is 1.37. The number of aliphatic imine (C=N–C) groups is 1. The highest BCUT2D eigenvalue weighted by molar-refractivity contribution is 5.85. The topological polar surface area (TPSA) is 36.4 Å². The summed E-state index contributed by atoms with van der Waals surface area (Å²) in [5.74, 6) is -0.199. The third-order valence-corrected chi connectivity index (χ3v) is 2.14. The molecule has 3 nitrogen and oxygen atoms in total. The van der Waals surface area contributed by atoms with E-state index in [1.54, 1.807) is 0 Å².